The molecule has 0 amide bonds. The summed E-state index contributed by atoms with van der Waals surface area (Å²) in [6, 6.07) is 2.54. The Morgan fingerprint density at radius 2 is 1.28 bits per heavy atom. The Balaban J connectivity index is 3.33. The normalized spacial score (nSPS) is 14.4. The molecule has 10 nitrogen and oxygen atoms in total. The van der Waals surface area contributed by atoms with Crippen molar-refractivity contribution in [2.75, 3.05) is 0 Å². The van der Waals surface area contributed by atoms with Crippen LogP contribution in [0.25, 0.3) is 0 Å². The van der Waals surface area contributed by atoms with Crippen molar-refractivity contribution >= 4 is 36.4 Å². The summed E-state index contributed by atoms with van der Waals surface area (Å²) in [6.07, 6.45) is -0.919. The smallest absolute Gasteiger partial charge is 0.336 e. The molecule has 4 unspecified atom stereocenters. The van der Waals surface area contributed by atoms with E-state index in [2.05, 4.69) is 0 Å². The van der Waals surface area contributed by atoms with Crippen LogP contribution >= 0.6 is 0 Å². The molecular weight excluding hydrogens is 424 g/mol. The summed E-state index contributed by atoms with van der Waals surface area (Å²) >= 11 is 0. The first-order chi connectivity index (χ1) is 14.9. The fraction of sp³-hybridized carbons (Fsp3) is 0.455. The van der Waals surface area contributed by atoms with Gasteiger partial charge in [0.2, 0.25) is 0 Å². The van der Waals surface area contributed by atoms with Crippen LogP contribution in [0.3, 0.4) is 0 Å². The summed E-state index contributed by atoms with van der Waals surface area (Å²) in [5, 5.41) is 19.1. The molecule has 0 saturated heterocycles. The highest BCUT2D eigenvalue weighted by atomic mass is 16.5. The Bertz CT molecular complexity index is 904. The lowest BCUT2D eigenvalue weighted by molar-refractivity contribution is -0.154. The van der Waals surface area contributed by atoms with Crippen LogP contribution in [0.15, 0.2) is 12.1 Å². The summed E-state index contributed by atoms with van der Waals surface area (Å²) in [5.74, 6) is -6.47. The van der Waals surface area contributed by atoms with Gasteiger partial charge in [-0.3, -0.25) is 9.59 Å². The molecule has 174 valence electrons. The number of ether oxygens (including phenoxy) is 2. The van der Waals surface area contributed by atoms with Crippen molar-refractivity contribution in [2.24, 2.45) is 11.8 Å². The Morgan fingerprint density at radius 3 is 1.69 bits per heavy atom. The molecule has 0 aliphatic carbocycles. The number of aromatic carboxylic acids is 2. The van der Waals surface area contributed by atoms with Gasteiger partial charge in [-0.1, -0.05) is 6.07 Å². The highest BCUT2D eigenvalue weighted by molar-refractivity contribution is 6.03. The number of rotatable bonds is 12. The zero-order valence-corrected chi connectivity index (χ0v) is 18.2. The van der Waals surface area contributed by atoms with Crippen LogP contribution < -0.4 is 0 Å². The number of benzene rings is 1. The average Bonchev–Trinajstić information content (AvgIpc) is 2.72. The van der Waals surface area contributed by atoms with Crippen LogP contribution in [0.5, 0.6) is 0 Å². The van der Waals surface area contributed by atoms with E-state index in [0.29, 0.717) is 18.1 Å². The van der Waals surface area contributed by atoms with E-state index < -0.39 is 59.0 Å². The molecule has 0 aliphatic rings. The third-order valence-electron chi connectivity index (χ3n) is 4.64. The number of carboxylic acid groups (broad SMARTS) is 2. The van der Waals surface area contributed by atoms with E-state index in [0.717, 1.165) is 6.07 Å². The highest BCUT2D eigenvalue weighted by Gasteiger charge is 2.27. The molecular formula is C22H26O10. The van der Waals surface area contributed by atoms with E-state index in [-0.39, 0.29) is 18.4 Å². The van der Waals surface area contributed by atoms with Gasteiger partial charge in [-0.15, -0.1) is 0 Å². The first-order valence-electron chi connectivity index (χ1n) is 9.85. The van der Waals surface area contributed by atoms with Crippen LogP contribution in [0.1, 0.15) is 59.5 Å². The fourth-order valence-electron chi connectivity index (χ4n) is 2.94. The highest BCUT2D eigenvalue weighted by Crippen LogP contribution is 2.25. The maximum absolute atomic E-state index is 11.9. The molecule has 0 aromatic heterocycles. The SMILES string of the molecule is CC(Cc1ccc(C(=O)O)c(C(=O)O)c1CC(C)OC(=O)C(C)C=O)OC(=O)C(C)C=O. The van der Waals surface area contributed by atoms with E-state index in [4.69, 9.17) is 9.47 Å². The largest absolute Gasteiger partial charge is 0.478 e. The maximum atomic E-state index is 11.9. The molecule has 1 rings (SSSR count). The predicted octanol–water partition coefficient (Wildman–Crippen LogP) is 1.70. The summed E-state index contributed by atoms with van der Waals surface area (Å²) in [4.78, 5) is 68.8. The van der Waals surface area contributed by atoms with Gasteiger partial charge in [0.25, 0.3) is 0 Å². The molecule has 2 N–H and O–H groups in total. The van der Waals surface area contributed by atoms with Gasteiger partial charge in [0, 0.05) is 12.8 Å². The molecule has 32 heavy (non-hydrogen) atoms. The predicted molar refractivity (Wildman–Crippen MR) is 109 cm³/mol. The van der Waals surface area contributed by atoms with Crippen molar-refractivity contribution in [1.82, 2.24) is 0 Å². The standard InChI is InChI=1S/C22H26O10/c1-11(9-23)21(29)31-13(3)7-15-5-6-16(19(25)26)18(20(27)28)17(15)8-14(4)32-22(30)12(2)10-24/h5-6,9-14H,7-8H2,1-4H3,(H,25,26)(H,27,28). The number of aldehydes is 2. The second-order valence-corrected chi connectivity index (χ2v) is 7.49. The summed E-state index contributed by atoms with van der Waals surface area (Å²) in [5.41, 5.74) is -0.447. The van der Waals surface area contributed by atoms with Crippen molar-refractivity contribution in [3.05, 3.63) is 34.4 Å². The summed E-state index contributed by atoms with van der Waals surface area (Å²) in [7, 11) is 0. The van der Waals surface area contributed by atoms with Gasteiger partial charge in [0.1, 0.15) is 36.6 Å². The lowest BCUT2D eigenvalue weighted by Crippen LogP contribution is -2.26. The summed E-state index contributed by atoms with van der Waals surface area (Å²) in [6.45, 7) is 5.74. The van der Waals surface area contributed by atoms with E-state index in [1.807, 2.05) is 0 Å². The van der Waals surface area contributed by atoms with Crippen molar-refractivity contribution in [3.63, 3.8) is 0 Å². The van der Waals surface area contributed by atoms with Gasteiger partial charge >= 0.3 is 23.9 Å². The van der Waals surface area contributed by atoms with Crippen molar-refractivity contribution in [3.8, 4) is 0 Å². The average molecular weight is 450 g/mol. The van der Waals surface area contributed by atoms with Gasteiger partial charge in [-0.05, 0) is 44.9 Å². The first-order valence-corrected chi connectivity index (χ1v) is 9.85. The van der Waals surface area contributed by atoms with Crippen LogP contribution in [0.4, 0.5) is 0 Å². The number of hydrogen-bond donors (Lipinski definition) is 2. The number of carbonyl (C=O) groups excluding carboxylic acids is 4. The number of carbonyl (C=O) groups is 6. The monoisotopic (exact) mass is 450 g/mol. The van der Waals surface area contributed by atoms with Crippen LogP contribution in [-0.2, 0) is 41.5 Å². The molecule has 1 aromatic carbocycles. The molecule has 0 aliphatic heterocycles. The Labute approximate surface area is 184 Å². The minimum atomic E-state index is -1.49. The van der Waals surface area contributed by atoms with Gasteiger partial charge in [0.15, 0.2) is 0 Å². The number of hydrogen-bond acceptors (Lipinski definition) is 8. The summed E-state index contributed by atoms with van der Waals surface area (Å²) < 4.78 is 10.4. The zero-order valence-electron chi connectivity index (χ0n) is 18.2. The second kappa shape index (κ2) is 11.7. The minimum Gasteiger partial charge on any atom is -0.478 e. The third kappa shape index (κ3) is 7.00. The molecule has 4 atom stereocenters. The molecule has 0 heterocycles. The lowest BCUT2D eigenvalue weighted by Gasteiger charge is -2.21. The van der Waals surface area contributed by atoms with Gasteiger partial charge in [0.05, 0.1) is 11.1 Å². The molecule has 0 saturated carbocycles. The number of esters is 2. The molecule has 0 fully saturated rings. The van der Waals surface area contributed by atoms with E-state index >= 15 is 0 Å². The van der Waals surface area contributed by atoms with Crippen LogP contribution in [0, 0.1) is 11.8 Å². The van der Waals surface area contributed by atoms with Gasteiger partial charge in [-0.25, -0.2) is 9.59 Å². The Morgan fingerprint density at radius 1 is 0.812 bits per heavy atom. The van der Waals surface area contributed by atoms with Gasteiger partial charge in [-0.2, -0.15) is 0 Å². The van der Waals surface area contributed by atoms with Gasteiger partial charge < -0.3 is 29.3 Å². The molecule has 0 spiro atoms. The van der Waals surface area contributed by atoms with Crippen LogP contribution in [-0.4, -0.2) is 58.9 Å². The maximum Gasteiger partial charge on any atom is 0.336 e. The van der Waals surface area contributed by atoms with Crippen LogP contribution in [0.2, 0.25) is 0 Å². The molecule has 10 heteroatoms. The Hall–Kier alpha value is -3.56. The van der Waals surface area contributed by atoms with E-state index in [1.54, 1.807) is 6.92 Å². The zero-order chi connectivity index (χ0) is 24.6. The quantitative estimate of drug-likeness (QED) is 0.272. The van der Waals surface area contributed by atoms with Crippen molar-refractivity contribution in [2.45, 2.75) is 52.7 Å². The first kappa shape index (κ1) is 26.5. The minimum absolute atomic E-state index is 0.0260. The fourth-order valence-corrected chi connectivity index (χ4v) is 2.94. The molecule has 0 bridgehead atoms. The number of carboxylic acids is 2. The lowest BCUT2D eigenvalue weighted by atomic mass is 9.89. The van der Waals surface area contributed by atoms with Crippen molar-refractivity contribution in [1.29, 1.82) is 0 Å². The molecule has 0 radical (unpaired) electrons. The molecule has 1 aromatic rings. The third-order valence-corrected chi connectivity index (χ3v) is 4.64. The van der Waals surface area contributed by atoms with Crippen molar-refractivity contribution < 1.29 is 48.5 Å². The topological polar surface area (TPSA) is 161 Å². The Kier molecular flexibility index (Phi) is 9.70. The van der Waals surface area contributed by atoms with E-state index in [1.165, 1.54) is 26.8 Å². The second-order valence-electron chi connectivity index (χ2n) is 7.49. The van der Waals surface area contributed by atoms with E-state index in [9.17, 15) is 39.0 Å².